The van der Waals surface area contributed by atoms with Crippen LogP contribution in [0, 0.1) is 0 Å². The van der Waals surface area contributed by atoms with Crippen LogP contribution in [-0.4, -0.2) is 33.7 Å². The van der Waals surface area contributed by atoms with Crippen molar-refractivity contribution in [2.45, 2.75) is 109 Å². The highest BCUT2D eigenvalue weighted by Crippen LogP contribution is 2.18. The highest BCUT2D eigenvalue weighted by molar-refractivity contribution is 7.86. The van der Waals surface area contributed by atoms with Crippen LogP contribution in [-0.2, 0) is 30.8 Å². The van der Waals surface area contributed by atoms with Gasteiger partial charge in [-0.3, -0.25) is 8.74 Å². The molecule has 0 saturated heterocycles. The van der Waals surface area contributed by atoms with Gasteiger partial charge in [0.25, 0.3) is 20.2 Å². The van der Waals surface area contributed by atoms with E-state index in [1.807, 2.05) is 13.0 Å². The molecule has 198 valence electrons. The lowest BCUT2D eigenvalue weighted by Gasteiger charge is -2.07. The molecule has 1 aromatic carbocycles. The third kappa shape index (κ3) is 18.2. The van der Waals surface area contributed by atoms with Crippen molar-refractivity contribution in [3.05, 3.63) is 42.5 Å². The predicted octanol–water partition coefficient (Wildman–Crippen LogP) is 7.11. The Morgan fingerprint density at radius 3 is 1.82 bits per heavy atom. The van der Waals surface area contributed by atoms with Crippen molar-refractivity contribution < 1.29 is 25.6 Å². The van der Waals surface area contributed by atoms with E-state index in [4.69, 9.17) is 0 Å². The van der Waals surface area contributed by atoms with Crippen molar-refractivity contribution in [3.8, 4) is 0 Å². The third-order valence-corrected chi connectivity index (χ3v) is 7.65. The van der Waals surface area contributed by atoms with Gasteiger partial charge in [-0.2, -0.15) is 16.8 Å². The first-order valence-electron chi connectivity index (χ1n) is 12.7. The summed E-state index contributed by atoms with van der Waals surface area (Å²) in [6.45, 7) is 7.71. The Labute approximate surface area is 209 Å². The van der Waals surface area contributed by atoms with Gasteiger partial charge in [-0.25, -0.2) is 0 Å². The minimum Gasteiger partial charge on any atom is -0.282 e. The van der Waals surface area contributed by atoms with E-state index in [0.717, 1.165) is 31.2 Å². The van der Waals surface area contributed by atoms with Crippen LogP contribution >= 0.6 is 0 Å². The van der Waals surface area contributed by atoms with Crippen molar-refractivity contribution >= 4 is 20.2 Å². The maximum atomic E-state index is 11.3. The standard InChI is InChI=1S/C18H30O3S.C8H16O3S/c1-2-3-4-5-6-7-8-9-10-11-14-17-15-12-13-16-18(17)22(19,20)21;1-3-5-6-8-12(9,10)11-7-4-2/h12-13,15-16H,2-11,14H2,1H3,(H,19,20,21);4H,2-3,5-8H2,1H3. The summed E-state index contributed by atoms with van der Waals surface area (Å²) in [7, 11) is -7.38. The number of rotatable bonds is 19. The van der Waals surface area contributed by atoms with E-state index in [-0.39, 0.29) is 17.3 Å². The van der Waals surface area contributed by atoms with E-state index in [9.17, 15) is 21.4 Å². The molecule has 8 heteroatoms. The quantitative estimate of drug-likeness (QED) is 0.0907. The SMILES string of the molecule is C=CCOS(=O)(=O)CCCCC.CCCCCCCCCCCCc1ccccc1S(=O)(=O)O. The van der Waals surface area contributed by atoms with Gasteiger partial charge >= 0.3 is 0 Å². The number of benzene rings is 1. The summed E-state index contributed by atoms with van der Waals surface area (Å²) in [5.74, 6) is 0.120. The summed E-state index contributed by atoms with van der Waals surface area (Å²) in [6, 6.07) is 6.73. The summed E-state index contributed by atoms with van der Waals surface area (Å²) < 4.78 is 58.4. The molecular weight excluding hydrogens is 472 g/mol. The largest absolute Gasteiger partial charge is 0.294 e. The molecule has 0 heterocycles. The van der Waals surface area contributed by atoms with Gasteiger partial charge in [0.1, 0.15) is 0 Å². The molecule has 6 nitrogen and oxygen atoms in total. The molecule has 1 aromatic rings. The Balaban J connectivity index is 0.000000770. The van der Waals surface area contributed by atoms with Gasteiger partial charge in [0.05, 0.1) is 17.3 Å². The third-order valence-electron chi connectivity index (χ3n) is 5.41. The van der Waals surface area contributed by atoms with Crippen LogP contribution in [0.15, 0.2) is 41.8 Å². The molecule has 0 spiro atoms. The predicted molar refractivity (Wildman–Crippen MR) is 141 cm³/mol. The first-order chi connectivity index (χ1) is 16.2. The second-order valence-corrected chi connectivity index (χ2v) is 11.7. The fourth-order valence-electron chi connectivity index (χ4n) is 3.50. The van der Waals surface area contributed by atoms with Gasteiger partial charge in [-0.15, -0.1) is 6.58 Å². The molecule has 0 aliphatic carbocycles. The molecule has 0 radical (unpaired) electrons. The molecule has 1 rings (SSSR count). The lowest BCUT2D eigenvalue weighted by atomic mass is 10.0. The fraction of sp³-hybridized carbons (Fsp3) is 0.692. The van der Waals surface area contributed by atoms with Crippen LogP contribution < -0.4 is 0 Å². The van der Waals surface area contributed by atoms with Crippen LogP contribution in [0.2, 0.25) is 0 Å². The first kappa shape index (κ1) is 32.8. The molecule has 0 aliphatic heterocycles. The summed E-state index contributed by atoms with van der Waals surface area (Å²) in [4.78, 5) is 0.0610. The van der Waals surface area contributed by atoms with Crippen molar-refractivity contribution in [1.29, 1.82) is 0 Å². The molecule has 0 amide bonds. The highest BCUT2D eigenvalue weighted by atomic mass is 32.2. The number of hydrogen-bond donors (Lipinski definition) is 1. The van der Waals surface area contributed by atoms with E-state index in [2.05, 4.69) is 17.7 Å². The van der Waals surface area contributed by atoms with Crippen molar-refractivity contribution in [1.82, 2.24) is 0 Å². The molecule has 0 fully saturated rings. The van der Waals surface area contributed by atoms with E-state index < -0.39 is 20.2 Å². The molecule has 0 aromatic heterocycles. The number of unbranched alkanes of at least 4 members (excludes halogenated alkanes) is 11. The topological polar surface area (TPSA) is 97.7 Å². The van der Waals surface area contributed by atoms with Gasteiger partial charge in [-0.1, -0.05) is 109 Å². The average Bonchev–Trinajstić information content (AvgIpc) is 2.79. The summed E-state index contributed by atoms with van der Waals surface area (Å²) >= 11 is 0. The van der Waals surface area contributed by atoms with Gasteiger partial charge in [-0.05, 0) is 30.9 Å². The molecule has 1 N–H and O–H groups in total. The Morgan fingerprint density at radius 2 is 1.29 bits per heavy atom. The lowest BCUT2D eigenvalue weighted by Crippen LogP contribution is -2.10. The van der Waals surface area contributed by atoms with Crippen molar-refractivity contribution in [2.75, 3.05) is 12.4 Å². The average molecular weight is 519 g/mol. The Kier molecular flexibility index (Phi) is 19.3. The van der Waals surface area contributed by atoms with E-state index >= 15 is 0 Å². The van der Waals surface area contributed by atoms with Crippen LogP contribution in [0.25, 0.3) is 0 Å². The Bertz CT molecular complexity index is 848. The Morgan fingerprint density at radius 1 is 0.794 bits per heavy atom. The van der Waals surface area contributed by atoms with Gasteiger partial charge < -0.3 is 0 Å². The number of aryl methyl sites for hydroxylation is 1. The van der Waals surface area contributed by atoms with Gasteiger partial charge in [0, 0.05) is 0 Å². The fourth-order valence-corrected chi connectivity index (χ4v) is 5.24. The van der Waals surface area contributed by atoms with Crippen molar-refractivity contribution in [3.63, 3.8) is 0 Å². The lowest BCUT2D eigenvalue weighted by molar-refractivity contribution is 0.356. The first-order valence-corrected chi connectivity index (χ1v) is 15.7. The van der Waals surface area contributed by atoms with Crippen LogP contribution in [0.4, 0.5) is 0 Å². The molecule has 0 aliphatic rings. The summed E-state index contributed by atoms with van der Waals surface area (Å²) in [5, 5.41) is 0. The molecule has 0 bridgehead atoms. The molecule has 0 unspecified atom stereocenters. The van der Waals surface area contributed by atoms with Crippen LogP contribution in [0.1, 0.15) is 103 Å². The van der Waals surface area contributed by atoms with Crippen LogP contribution in [0.5, 0.6) is 0 Å². The van der Waals surface area contributed by atoms with E-state index in [1.165, 1.54) is 63.5 Å². The van der Waals surface area contributed by atoms with Crippen LogP contribution in [0.3, 0.4) is 0 Å². The molecule has 34 heavy (non-hydrogen) atoms. The normalized spacial score (nSPS) is 11.6. The zero-order chi connectivity index (χ0) is 25.7. The van der Waals surface area contributed by atoms with Crippen molar-refractivity contribution in [2.24, 2.45) is 0 Å². The Hall–Kier alpha value is -1.22. The maximum Gasteiger partial charge on any atom is 0.294 e. The second-order valence-electron chi connectivity index (χ2n) is 8.56. The van der Waals surface area contributed by atoms with Gasteiger partial charge in [0.2, 0.25) is 0 Å². The van der Waals surface area contributed by atoms with E-state index in [0.29, 0.717) is 12.8 Å². The minimum absolute atomic E-state index is 0.0610. The summed E-state index contributed by atoms with van der Waals surface area (Å²) in [6.07, 6.45) is 17.4. The molecule has 0 saturated carbocycles. The van der Waals surface area contributed by atoms with Gasteiger partial charge in [0.15, 0.2) is 0 Å². The number of hydrogen-bond acceptors (Lipinski definition) is 5. The minimum atomic E-state index is -4.10. The zero-order valence-electron chi connectivity index (χ0n) is 21.2. The highest BCUT2D eigenvalue weighted by Gasteiger charge is 2.13. The smallest absolute Gasteiger partial charge is 0.282 e. The zero-order valence-corrected chi connectivity index (χ0v) is 22.8. The summed E-state index contributed by atoms with van der Waals surface area (Å²) in [5.41, 5.74) is 0.726. The monoisotopic (exact) mass is 518 g/mol. The van der Waals surface area contributed by atoms with E-state index in [1.54, 1.807) is 12.1 Å². The molecule has 0 atom stereocenters. The molecular formula is C26H46O6S2. The second kappa shape index (κ2) is 20.0. The maximum absolute atomic E-state index is 11.3.